The first-order valence-electron chi connectivity index (χ1n) is 5.68. The molecular weight excluding hydrogens is 252 g/mol. The molecule has 8 nitrogen and oxygen atoms in total. The molecule has 0 aromatic carbocycles. The summed E-state index contributed by atoms with van der Waals surface area (Å²) in [6.07, 6.45) is 0. The lowest BCUT2D eigenvalue weighted by molar-refractivity contribution is -0.139. The van der Waals surface area contributed by atoms with Gasteiger partial charge in [0.25, 0.3) is 5.91 Å². The summed E-state index contributed by atoms with van der Waals surface area (Å²) in [6.45, 7) is 2.29. The third kappa shape index (κ3) is 4.51. The fourth-order valence-electron chi connectivity index (χ4n) is 1.30. The predicted octanol–water partition coefficient (Wildman–Crippen LogP) is -0.262. The molecule has 0 saturated carbocycles. The van der Waals surface area contributed by atoms with Gasteiger partial charge >= 0.3 is 5.97 Å². The van der Waals surface area contributed by atoms with Crippen molar-refractivity contribution in [3.05, 3.63) is 17.8 Å². The molecule has 1 rings (SSSR count). The normalized spacial score (nSPS) is 11.7. The van der Waals surface area contributed by atoms with Crippen molar-refractivity contribution in [2.45, 2.75) is 13.0 Å². The smallest absolute Gasteiger partial charge is 0.328 e. The van der Waals surface area contributed by atoms with E-state index in [0.29, 0.717) is 6.54 Å². The van der Waals surface area contributed by atoms with E-state index in [0.717, 1.165) is 0 Å². The maximum absolute atomic E-state index is 11.4. The monoisotopic (exact) mass is 268 g/mol. The number of carbonyl (C=O) groups excluding carboxylic acids is 1. The van der Waals surface area contributed by atoms with Gasteiger partial charge < -0.3 is 20.5 Å². The lowest BCUT2D eigenvalue weighted by Crippen LogP contribution is -2.34. The lowest BCUT2D eigenvalue weighted by Gasteiger charge is -2.13. The maximum Gasteiger partial charge on any atom is 0.328 e. The minimum atomic E-state index is -1.06. The molecule has 1 aromatic heterocycles. The molecule has 19 heavy (non-hydrogen) atoms. The summed E-state index contributed by atoms with van der Waals surface area (Å²) in [5.74, 6) is -1.12. The van der Waals surface area contributed by atoms with Gasteiger partial charge in [-0.3, -0.25) is 4.79 Å². The fourth-order valence-corrected chi connectivity index (χ4v) is 1.30. The predicted molar refractivity (Wildman–Crippen MR) is 67.0 cm³/mol. The van der Waals surface area contributed by atoms with Crippen LogP contribution in [0.5, 0.6) is 0 Å². The summed E-state index contributed by atoms with van der Waals surface area (Å²) >= 11 is 0. The second-order valence-electron chi connectivity index (χ2n) is 3.65. The van der Waals surface area contributed by atoms with Crippen molar-refractivity contribution < 1.29 is 19.4 Å². The number of hydrogen-bond donors (Lipinski definition) is 3. The SMILES string of the molecule is CCNC(=O)c1ccc(NC(COC)C(=O)O)nn1. The molecule has 1 heterocycles. The number of aromatic nitrogens is 2. The van der Waals surface area contributed by atoms with E-state index in [-0.39, 0.29) is 24.0 Å². The van der Waals surface area contributed by atoms with Crippen molar-refractivity contribution in [2.75, 3.05) is 25.6 Å². The zero-order valence-corrected chi connectivity index (χ0v) is 10.7. The molecule has 0 aliphatic carbocycles. The molecule has 0 bridgehead atoms. The molecule has 0 aliphatic heterocycles. The second kappa shape index (κ2) is 7.27. The third-order valence-electron chi connectivity index (χ3n) is 2.19. The van der Waals surface area contributed by atoms with Crippen LogP contribution in [0.2, 0.25) is 0 Å². The second-order valence-corrected chi connectivity index (χ2v) is 3.65. The number of methoxy groups -OCH3 is 1. The van der Waals surface area contributed by atoms with Crippen LogP contribution >= 0.6 is 0 Å². The summed E-state index contributed by atoms with van der Waals surface area (Å²) in [7, 11) is 1.40. The lowest BCUT2D eigenvalue weighted by atomic mass is 10.3. The first-order chi connectivity index (χ1) is 9.08. The molecular formula is C11H16N4O4. The Balaban J connectivity index is 2.70. The molecule has 0 radical (unpaired) electrons. The number of carboxylic acid groups (broad SMARTS) is 1. The van der Waals surface area contributed by atoms with Crippen molar-refractivity contribution in [2.24, 2.45) is 0 Å². The molecule has 0 fully saturated rings. The number of nitrogens with zero attached hydrogens (tertiary/aromatic N) is 2. The van der Waals surface area contributed by atoms with Gasteiger partial charge in [0.2, 0.25) is 0 Å². The molecule has 0 aliphatic rings. The van der Waals surface area contributed by atoms with Crippen molar-refractivity contribution >= 4 is 17.7 Å². The first kappa shape index (κ1) is 14.8. The summed E-state index contributed by atoms with van der Waals surface area (Å²) in [6, 6.07) is 2.03. The van der Waals surface area contributed by atoms with Crippen LogP contribution in [0.15, 0.2) is 12.1 Å². The highest BCUT2D eigenvalue weighted by molar-refractivity contribution is 5.92. The molecule has 1 amide bonds. The van der Waals surface area contributed by atoms with Crippen LogP contribution in [0, 0.1) is 0 Å². The summed E-state index contributed by atoms with van der Waals surface area (Å²) in [4.78, 5) is 22.3. The maximum atomic E-state index is 11.4. The number of amides is 1. The Hall–Kier alpha value is -2.22. The molecule has 0 saturated heterocycles. The zero-order valence-electron chi connectivity index (χ0n) is 10.7. The molecule has 1 atom stereocenters. The summed E-state index contributed by atoms with van der Waals surface area (Å²) in [5, 5.41) is 21.6. The average molecular weight is 268 g/mol. The van der Waals surface area contributed by atoms with Crippen molar-refractivity contribution in [3.63, 3.8) is 0 Å². The van der Waals surface area contributed by atoms with E-state index in [1.54, 1.807) is 6.92 Å². The van der Waals surface area contributed by atoms with Gasteiger partial charge in [0.05, 0.1) is 6.61 Å². The number of ether oxygens (including phenoxy) is 1. The van der Waals surface area contributed by atoms with Crippen molar-refractivity contribution in [3.8, 4) is 0 Å². The Morgan fingerprint density at radius 3 is 2.63 bits per heavy atom. The quantitative estimate of drug-likeness (QED) is 0.624. The number of carbonyl (C=O) groups is 2. The van der Waals surface area contributed by atoms with Gasteiger partial charge in [0.15, 0.2) is 5.69 Å². The number of carboxylic acids is 1. The number of anilines is 1. The minimum Gasteiger partial charge on any atom is -0.480 e. The highest BCUT2D eigenvalue weighted by atomic mass is 16.5. The molecule has 0 spiro atoms. The van der Waals surface area contributed by atoms with Crippen molar-refractivity contribution in [1.29, 1.82) is 0 Å². The number of rotatable bonds is 7. The highest BCUT2D eigenvalue weighted by Crippen LogP contribution is 2.04. The van der Waals surface area contributed by atoms with E-state index >= 15 is 0 Å². The Bertz CT molecular complexity index is 435. The first-order valence-corrected chi connectivity index (χ1v) is 5.68. The number of aliphatic carboxylic acids is 1. The minimum absolute atomic E-state index is 0.00488. The standard InChI is InChI=1S/C11H16N4O4/c1-3-12-10(16)7-4-5-9(15-14-7)13-8(6-19-2)11(17)18/h4-5,8H,3,6H2,1-2H3,(H,12,16)(H,13,15)(H,17,18). The van der Waals surface area contributed by atoms with Gasteiger partial charge in [-0.05, 0) is 19.1 Å². The third-order valence-corrected chi connectivity index (χ3v) is 2.19. The fraction of sp³-hybridized carbons (Fsp3) is 0.455. The Morgan fingerprint density at radius 1 is 1.42 bits per heavy atom. The van der Waals surface area contributed by atoms with E-state index in [4.69, 9.17) is 9.84 Å². The van der Waals surface area contributed by atoms with Gasteiger partial charge in [-0.2, -0.15) is 0 Å². The van der Waals surface area contributed by atoms with Gasteiger partial charge in [-0.25, -0.2) is 4.79 Å². The van der Waals surface area contributed by atoms with Crippen LogP contribution in [0.4, 0.5) is 5.82 Å². The number of nitrogens with one attached hydrogen (secondary N) is 2. The van der Waals surface area contributed by atoms with E-state index in [1.807, 2.05) is 0 Å². The van der Waals surface area contributed by atoms with Crippen LogP contribution in [0.3, 0.4) is 0 Å². The van der Waals surface area contributed by atoms with Crippen LogP contribution in [0.1, 0.15) is 17.4 Å². The Kier molecular flexibility index (Phi) is 5.68. The van der Waals surface area contributed by atoms with Gasteiger partial charge in [-0.15, -0.1) is 10.2 Å². The Morgan fingerprint density at radius 2 is 2.16 bits per heavy atom. The molecule has 1 unspecified atom stereocenters. The number of hydrogen-bond acceptors (Lipinski definition) is 6. The van der Waals surface area contributed by atoms with Crippen LogP contribution < -0.4 is 10.6 Å². The topological polar surface area (TPSA) is 113 Å². The summed E-state index contributed by atoms with van der Waals surface area (Å²) in [5.41, 5.74) is 0.172. The van der Waals surface area contributed by atoms with E-state index in [9.17, 15) is 9.59 Å². The Labute approximate surface area is 110 Å². The largest absolute Gasteiger partial charge is 0.480 e. The van der Waals surface area contributed by atoms with Gasteiger partial charge in [0, 0.05) is 13.7 Å². The van der Waals surface area contributed by atoms with Gasteiger partial charge in [0.1, 0.15) is 11.9 Å². The van der Waals surface area contributed by atoms with Crippen LogP contribution in [-0.2, 0) is 9.53 Å². The molecule has 1 aromatic rings. The molecule has 104 valence electrons. The van der Waals surface area contributed by atoms with E-state index in [2.05, 4.69) is 20.8 Å². The van der Waals surface area contributed by atoms with Crippen LogP contribution in [-0.4, -0.2) is 53.5 Å². The zero-order chi connectivity index (χ0) is 14.3. The summed E-state index contributed by atoms with van der Waals surface area (Å²) < 4.78 is 4.78. The molecule has 8 heteroatoms. The van der Waals surface area contributed by atoms with Gasteiger partial charge in [-0.1, -0.05) is 0 Å². The van der Waals surface area contributed by atoms with Crippen LogP contribution in [0.25, 0.3) is 0 Å². The highest BCUT2D eigenvalue weighted by Gasteiger charge is 2.17. The van der Waals surface area contributed by atoms with E-state index < -0.39 is 12.0 Å². The van der Waals surface area contributed by atoms with Crippen molar-refractivity contribution in [1.82, 2.24) is 15.5 Å². The molecule has 3 N–H and O–H groups in total. The average Bonchev–Trinajstić information content (AvgIpc) is 2.39. The van der Waals surface area contributed by atoms with E-state index in [1.165, 1.54) is 19.2 Å².